The Morgan fingerprint density at radius 1 is 1.22 bits per heavy atom. The maximum absolute atomic E-state index is 11.0. The van der Waals surface area contributed by atoms with Gasteiger partial charge in [0.15, 0.2) is 11.5 Å². The van der Waals surface area contributed by atoms with Crippen LogP contribution in [0.3, 0.4) is 0 Å². The van der Waals surface area contributed by atoms with Crippen molar-refractivity contribution in [2.24, 2.45) is 0 Å². The third-order valence-corrected chi connectivity index (χ3v) is 2.12. The lowest BCUT2D eigenvalue weighted by Crippen LogP contribution is -1.97. The number of allylic oxidation sites excluding steroid dienone is 2. The number of carbonyl (C=O) groups is 1. The van der Waals surface area contributed by atoms with E-state index in [9.17, 15) is 9.90 Å². The molecule has 4 nitrogen and oxygen atoms in total. The maximum atomic E-state index is 11.0. The Morgan fingerprint density at radius 2 is 1.89 bits per heavy atom. The molecule has 0 spiro atoms. The van der Waals surface area contributed by atoms with E-state index in [4.69, 9.17) is 10.2 Å². The lowest BCUT2D eigenvalue weighted by Gasteiger charge is -2.00. The number of aliphatic carboxylic acids is 1. The van der Waals surface area contributed by atoms with E-state index in [1.54, 1.807) is 13.0 Å². The number of hydrogen-bond acceptors (Lipinski definition) is 3. The van der Waals surface area contributed by atoms with Crippen molar-refractivity contribution >= 4 is 12.0 Å². The van der Waals surface area contributed by atoms with Crippen LogP contribution in [-0.4, -0.2) is 21.3 Å². The molecule has 0 saturated heterocycles. The van der Waals surface area contributed by atoms with Crippen molar-refractivity contribution in [2.75, 3.05) is 0 Å². The highest BCUT2D eigenvalue weighted by Crippen LogP contribution is 2.26. The molecular formula is C14H14O4. The third kappa shape index (κ3) is 3.83. The largest absolute Gasteiger partial charge is 0.504 e. The topological polar surface area (TPSA) is 77.8 Å². The van der Waals surface area contributed by atoms with Gasteiger partial charge in [-0.2, -0.15) is 0 Å². The molecule has 0 fully saturated rings. The van der Waals surface area contributed by atoms with Gasteiger partial charge in [-0.3, -0.25) is 0 Å². The molecule has 0 radical (unpaired) electrons. The molecule has 0 unspecified atom stereocenters. The molecule has 0 bridgehead atoms. The normalized spacial score (nSPS) is 11.7. The average molecular weight is 246 g/mol. The Labute approximate surface area is 105 Å². The summed E-state index contributed by atoms with van der Waals surface area (Å²) in [4.78, 5) is 11.0. The van der Waals surface area contributed by atoms with Gasteiger partial charge in [0, 0.05) is 0 Å². The zero-order valence-electron chi connectivity index (χ0n) is 9.92. The van der Waals surface area contributed by atoms with Crippen molar-refractivity contribution in [3.8, 4) is 11.5 Å². The van der Waals surface area contributed by atoms with Crippen LogP contribution in [0.25, 0.3) is 6.08 Å². The summed E-state index contributed by atoms with van der Waals surface area (Å²) < 4.78 is 0. The highest BCUT2D eigenvalue weighted by Gasteiger charge is 2.05. The second-order valence-corrected chi connectivity index (χ2v) is 3.83. The molecule has 0 saturated carbocycles. The first-order valence-corrected chi connectivity index (χ1v) is 5.20. The minimum Gasteiger partial charge on any atom is -0.504 e. The SMILES string of the molecule is C=C(C)C=CC(=Cc1ccc(O)c(O)c1)C(=O)O. The first kappa shape index (κ1) is 13.6. The Balaban J connectivity index is 3.12. The number of benzene rings is 1. The van der Waals surface area contributed by atoms with E-state index >= 15 is 0 Å². The van der Waals surface area contributed by atoms with Gasteiger partial charge in [0.1, 0.15) is 0 Å². The minimum atomic E-state index is -1.08. The van der Waals surface area contributed by atoms with E-state index in [0.717, 1.165) is 5.57 Å². The molecular weight excluding hydrogens is 232 g/mol. The molecule has 18 heavy (non-hydrogen) atoms. The predicted molar refractivity (Wildman–Crippen MR) is 69.3 cm³/mol. The van der Waals surface area contributed by atoms with Crippen LogP contribution in [0.4, 0.5) is 0 Å². The van der Waals surface area contributed by atoms with E-state index in [1.165, 1.54) is 30.4 Å². The lowest BCUT2D eigenvalue weighted by molar-refractivity contribution is -0.132. The highest BCUT2D eigenvalue weighted by atomic mass is 16.4. The van der Waals surface area contributed by atoms with Crippen molar-refractivity contribution < 1.29 is 20.1 Å². The zero-order chi connectivity index (χ0) is 13.7. The first-order chi connectivity index (χ1) is 8.40. The van der Waals surface area contributed by atoms with Crippen molar-refractivity contribution in [3.05, 3.63) is 53.6 Å². The van der Waals surface area contributed by atoms with Crippen LogP contribution in [0.5, 0.6) is 11.5 Å². The summed E-state index contributed by atoms with van der Waals surface area (Å²) in [6.07, 6.45) is 4.40. The van der Waals surface area contributed by atoms with Crippen LogP contribution in [0, 0.1) is 0 Å². The molecule has 0 aliphatic carbocycles. The number of phenolic OH excluding ortho intramolecular Hbond substituents is 2. The number of aromatic hydroxyl groups is 2. The van der Waals surface area contributed by atoms with Crippen molar-refractivity contribution in [1.29, 1.82) is 0 Å². The summed E-state index contributed by atoms with van der Waals surface area (Å²) in [5, 5.41) is 27.5. The van der Waals surface area contributed by atoms with Crippen LogP contribution in [0.2, 0.25) is 0 Å². The Bertz CT molecular complexity index is 539. The Hall–Kier alpha value is -2.49. The summed E-state index contributed by atoms with van der Waals surface area (Å²) >= 11 is 0. The fraction of sp³-hybridized carbons (Fsp3) is 0.0714. The molecule has 94 valence electrons. The van der Waals surface area contributed by atoms with Crippen LogP contribution in [-0.2, 0) is 4.79 Å². The third-order valence-electron chi connectivity index (χ3n) is 2.12. The van der Waals surface area contributed by atoms with E-state index in [2.05, 4.69) is 6.58 Å². The standard InChI is InChI=1S/C14H14O4/c1-9(2)3-5-11(14(17)18)7-10-4-6-12(15)13(16)8-10/h3-8,15-16H,1H2,2H3,(H,17,18). The highest BCUT2D eigenvalue weighted by molar-refractivity contribution is 5.95. The molecule has 3 N–H and O–H groups in total. The zero-order valence-corrected chi connectivity index (χ0v) is 9.92. The van der Waals surface area contributed by atoms with E-state index in [-0.39, 0.29) is 17.1 Å². The molecule has 0 aliphatic rings. The number of carboxylic acids is 1. The van der Waals surface area contributed by atoms with Gasteiger partial charge < -0.3 is 15.3 Å². The van der Waals surface area contributed by atoms with Gasteiger partial charge in [0.2, 0.25) is 0 Å². The van der Waals surface area contributed by atoms with Gasteiger partial charge in [-0.25, -0.2) is 4.79 Å². The Morgan fingerprint density at radius 3 is 2.39 bits per heavy atom. The maximum Gasteiger partial charge on any atom is 0.335 e. The quantitative estimate of drug-likeness (QED) is 0.433. The molecule has 0 heterocycles. The molecule has 1 aromatic rings. The van der Waals surface area contributed by atoms with Crippen molar-refractivity contribution in [3.63, 3.8) is 0 Å². The van der Waals surface area contributed by atoms with E-state index < -0.39 is 5.97 Å². The number of carboxylic acid groups (broad SMARTS) is 1. The fourth-order valence-corrected chi connectivity index (χ4v) is 1.22. The second kappa shape index (κ2) is 5.72. The molecule has 0 aromatic heterocycles. The summed E-state index contributed by atoms with van der Waals surface area (Å²) in [5.74, 6) is -1.63. The smallest absolute Gasteiger partial charge is 0.335 e. The Kier molecular flexibility index (Phi) is 4.32. The van der Waals surface area contributed by atoms with E-state index in [1.807, 2.05) is 0 Å². The predicted octanol–water partition coefficient (Wildman–Crippen LogP) is 2.70. The fourth-order valence-electron chi connectivity index (χ4n) is 1.22. The van der Waals surface area contributed by atoms with Gasteiger partial charge >= 0.3 is 5.97 Å². The van der Waals surface area contributed by atoms with Gasteiger partial charge in [-0.1, -0.05) is 24.3 Å². The number of hydrogen-bond donors (Lipinski definition) is 3. The summed E-state index contributed by atoms with van der Waals surface area (Å²) in [5.41, 5.74) is 1.27. The molecule has 0 amide bonds. The van der Waals surface area contributed by atoms with Gasteiger partial charge in [-0.15, -0.1) is 0 Å². The minimum absolute atomic E-state index is 0.0584. The van der Waals surface area contributed by atoms with Crippen molar-refractivity contribution in [1.82, 2.24) is 0 Å². The molecule has 1 aromatic carbocycles. The van der Waals surface area contributed by atoms with Gasteiger partial charge in [0.05, 0.1) is 5.57 Å². The van der Waals surface area contributed by atoms with Gasteiger partial charge in [-0.05, 0) is 36.8 Å². The van der Waals surface area contributed by atoms with Crippen LogP contribution in [0.1, 0.15) is 12.5 Å². The molecule has 4 heteroatoms. The lowest BCUT2D eigenvalue weighted by atomic mass is 10.1. The summed E-state index contributed by atoms with van der Waals surface area (Å²) in [7, 11) is 0. The van der Waals surface area contributed by atoms with Crippen molar-refractivity contribution in [2.45, 2.75) is 6.92 Å². The second-order valence-electron chi connectivity index (χ2n) is 3.83. The van der Waals surface area contributed by atoms with Crippen LogP contribution in [0.15, 0.2) is 48.1 Å². The van der Waals surface area contributed by atoms with Crippen LogP contribution >= 0.6 is 0 Å². The van der Waals surface area contributed by atoms with Crippen LogP contribution < -0.4 is 0 Å². The summed E-state index contributed by atoms with van der Waals surface area (Å²) in [6.45, 7) is 5.39. The average Bonchev–Trinajstić information content (AvgIpc) is 2.28. The first-order valence-electron chi connectivity index (χ1n) is 5.20. The molecule has 1 rings (SSSR count). The number of rotatable bonds is 4. The molecule has 0 aliphatic heterocycles. The number of phenols is 2. The summed E-state index contributed by atoms with van der Waals surface area (Å²) in [6, 6.07) is 4.09. The monoisotopic (exact) mass is 246 g/mol. The molecule has 0 atom stereocenters. The van der Waals surface area contributed by atoms with Gasteiger partial charge in [0.25, 0.3) is 0 Å². The van der Waals surface area contributed by atoms with E-state index in [0.29, 0.717) is 5.56 Å².